The molecule has 2 aromatic rings. The van der Waals surface area contributed by atoms with Crippen LogP contribution in [0.4, 0.5) is 9.59 Å². The zero-order valence-electron chi connectivity index (χ0n) is 27.2. The number of hydrogen-bond donors (Lipinski definition) is 0. The van der Waals surface area contributed by atoms with Crippen molar-refractivity contribution in [3.8, 4) is 0 Å². The molecule has 11 nitrogen and oxygen atoms in total. The highest BCUT2D eigenvalue weighted by Crippen LogP contribution is 2.43. The van der Waals surface area contributed by atoms with Crippen LogP contribution in [0, 0.1) is 0 Å². The molecule has 2 aliphatic rings. The van der Waals surface area contributed by atoms with Gasteiger partial charge in [0.1, 0.15) is 26.0 Å². The number of ether oxygens (including phenoxy) is 4. The van der Waals surface area contributed by atoms with Crippen molar-refractivity contribution in [3.63, 3.8) is 0 Å². The fourth-order valence-corrected chi connectivity index (χ4v) is 11.8. The fraction of sp³-hybridized carbons (Fsp3) is 0.515. The quantitative estimate of drug-likeness (QED) is 0.118. The summed E-state index contributed by atoms with van der Waals surface area (Å²) in [5.74, 6) is -0.489. The number of hydrogen-bond acceptors (Lipinski definition) is 8. The lowest BCUT2D eigenvalue weighted by atomic mass is 10.1. The van der Waals surface area contributed by atoms with Crippen LogP contribution in [0.2, 0.25) is 16.6 Å². The second kappa shape index (κ2) is 15.0. The minimum Gasteiger partial charge on any atom is -0.467 e. The maximum atomic E-state index is 13.6. The first-order valence-electron chi connectivity index (χ1n) is 15.4. The Hall–Kier alpha value is -3.74. The van der Waals surface area contributed by atoms with E-state index in [9.17, 15) is 14.4 Å². The molecular weight excluding hydrogens is 594 g/mol. The minimum absolute atomic E-state index is 0.00899. The van der Waals surface area contributed by atoms with Gasteiger partial charge in [-0.15, -0.1) is 4.99 Å². The van der Waals surface area contributed by atoms with Gasteiger partial charge in [0.15, 0.2) is 6.10 Å². The third-order valence-corrected chi connectivity index (χ3v) is 14.6. The van der Waals surface area contributed by atoms with Crippen LogP contribution >= 0.6 is 0 Å². The van der Waals surface area contributed by atoms with Crippen molar-refractivity contribution >= 4 is 32.4 Å². The third kappa shape index (κ3) is 7.92. The van der Waals surface area contributed by atoms with Crippen molar-refractivity contribution in [1.82, 2.24) is 9.80 Å². The molecule has 0 spiro atoms. The molecule has 0 aliphatic carbocycles. The molecule has 45 heavy (non-hydrogen) atoms. The largest absolute Gasteiger partial charge is 0.467 e. The Morgan fingerprint density at radius 1 is 0.867 bits per heavy atom. The molecule has 0 N–H and O–H groups in total. The van der Waals surface area contributed by atoms with Crippen LogP contribution < -0.4 is 0 Å². The molecule has 2 saturated heterocycles. The second-order valence-electron chi connectivity index (χ2n) is 12.3. The number of nitrogens with zero attached hydrogens (tertiary/aromatic N) is 3. The summed E-state index contributed by atoms with van der Waals surface area (Å²) < 4.78 is 28.7. The molecule has 0 bridgehead atoms. The summed E-state index contributed by atoms with van der Waals surface area (Å²) in [4.78, 5) is 46.4. The molecule has 3 atom stereocenters. The van der Waals surface area contributed by atoms with Crippen molar-refractivity contribution in [2.45, 2.75) is 89.6 Å². The zero-order valence-corrected chi connectivity index (χ0v) is 28.2. The molecule has 2 aliphatic heterocycles. The number of aliphatic imine (C=N–C) groups is 1. The summed E-state index contributed by atoms with van der Waals surface area (Å²) in [6.45, 7) is 13.2. The number of carbonyl (C=O) groups excluding carboxylic acids is 3. The highest BCUT2D eigenvalue weighted by atomic mass is 28.4. The van der Waals surface area contributed by atoms with Gasteiger partial charge in [-0.3, -0.25) is 0 Å². The summed E-state index contributed by atoms with van der Waals surface area (Å²) in [7, 11) is -1.10. The SMILES string of the molecule is COC(=O)[C@H]1O[C@H]1[C@@H]1CN(C(=O)OCc2ccccc2)/C(=N/C(=O)OCc2ccccc2)N1CO[Si](C(C)C)(C(C)C)C(C)C. The lowest BCUT2D eigenvalue weighted by molar-refractivity contribution is -0.142. The van der Waals surface area contributed by atoms with Crippen LogP contribution in [0.25, 0.3) is 0 Å². The molecule has 0 aromatic heterocycles. The Balaban J connectivity index is 1.67. The van der Waals surface area contributed by atoms with Crippen molar-refractivity contribution in [2.24, 2.45) is 4.99 Å². The summed E-state index contributed by atoms with van der Waals surface area (Å²) in [6, 6.07) is 18.0. The van der Waals surface area contributed by atoms with E-state index in [2.05, 4.69) is 46.5 Å². The fourth-order valence-electron chi connectivity index (χ4n) is 6.42. The van der Waals surface area contributed by atoms with Gasteiger partial charge in [-0.1, -0.05) is 102 Å². The first-order valence-corrected chi connectivity index (χ1v) is 17.5. The Labute approximate surface area is 266 Å². The number of carbonyl (C=O) groups is 3. The van der Waals surface area contributed by atoms with Gasteiger partial charge >= 0.3 is 18.2 Å². The van der Waals surface area contributed by atoms with Crippen molar-refractivity contribution in [1.29, 1.82) is 0 Å². The van der Waals surface area contributed by atoms with Crippen LogP contribution in [0.15, 0.2) is 65.7 Å². The van der Waals surface area contributed by atoms with Crippen LogP contribution in [-0.2, 0) is 41.4 Å². The molecule has 2 aromatic carbocycles. The molecule has 2 amide bonds. The molecule has 0 unspecified atom stereocenters. The van der Waals surface area contributed by atoms with Crippen LogP contribution in [-0.4, -0.2) is 80.9 Å². The van der Waals surface area contributed by atoms with E-state index in [4.69, 9.17) is 23.4 Å². The Kier molecular flexibility index (Phi) is 11.4. The number of guanidine groups is 1. The Bertz CT molecular complexity index is 1320. The average Bonchev–Trinajstić information content (AvgIpc) is 3.74. The van der Waals surface area contributed by atoms with Crippen LogP contribution in [0.5, 0.6) is 0 Å². The number of esters is 1. The summed E-state index contributed by atoms with van der Waals surface area (Å²) >= 11 is 0. The third-order valence-electron chi connectivity index (χ3n) is 8.59. The van der Waals surface area contributed by atoms with Gasteiger partial charge in [0.2, 0.25) is 14.3 Å². The second-order valence-corrected chi connectivity index (χ2v) is 17.7. The van der Waals surface area contributed by atoms with Crippen LogP contribution in [0.1, 0.15) is 52.7 Å². The van der Waals surface area contributed by atoms with Gasteiger partial charge in [0.05, 0.1) is 19.7 Å². The highest BCUT2D eigenvalue weighted by molar-refractivity contribution is 6.77. The summed E-state index contributed by atoms with van der Waals surface area (Å²) in [6.07, 6.45) is -2.99. The maximum absolute atomic E-state index is 13.6. The molecule has 4 rings (SSSR count). The zero-order chi connectivity index (χ0) is 32.7. The molecule has 2 fully saturated rings. The van der Waals surface area contributed by atoms with E-state index in [0.29, 0.717) is 0 Å². The predicted molar refractivity (Wildman–Crippen MR) is 171 cm³/mol. The number of benzene rings is 2. The van der Waals surface area contributed by atoms with E-state index in [0.717, 1.165) is 11.1 Å². The first-order chi connectivity index (χ1) is 21.5. The summed E-state index contributed by atoms with van der Waals surface area (Å²) in [5, 5.41) is 0. The average molecular weight is 640 g/mol. The lowest BCUT2D eigenvalue weighted by Gasteiger charge is -2.43. The van der Waals surface area contributed by atoms with E-state index >= 15 is 0 Å². The number of methoxy groups -OCH3 is 1. The monoisotopic (exact) mass is 639 g/mol. The van der Waals surface area contributed by atoms with Crippen molar-refractivity contribution < 1.29 is 37.8 Å². The van der Waals surface area contributed by atoms with E-state index in [-0.39, 0.29) is 49.1 Å². The normalized spacial score (nSPS) is 20.7. The maximum Gasteiger partial charge on any atom is 0.437 e. The molecule has 244 valence electrons. The van der Waals surface area contributed by atoms with E-state index < -0.39 is 44.7 Å². The Morgan fingerprint density at radius 2 is 1.40 bits per heavy atom. The standard InChI is InChI=1S/C33H45N3O8Si/c1-22(2)45(23(3)4,24(5)6)43-21-36-27(28-29(44-28)30(37)40-7)18-35(33(39)42-20-26-16-12-9-13-17-26)31(36)34-32(38)41-19-25-14-10-8-11-15-25/h8-17,22-24,27-29H,18-21H2,1-7H3/b34-31-/t27-,28-,29-/m0/s1. The summed E-state index contributed by atoms with van der Waals surface area (Å²) in [5.41, 5.74) is 2.44. The molecular formula is C33H45N3O8Si. The van der Waals surface area contributed by atoms with Crippen LogP contribution in [0.3, 0.4) is 0 Å². The molecule has 0 saturated carbocycles. The van der Waals surface area contributed by atoms with E-state index in [1.807, 2.05) is 60.7 Å². The van der Waals surface area contributed by atoms with Crippen molar-refractivity contribution in [3.05, 3.63) is 71.8 Å². The van der Waals surface area contributed by atoms with E-state index in [1.165, 1.54) is 12.0 Å². The number of amides is 2. The van der Waals surface area contributed by atoms with Gasteiger partial charge in [-0.05, 0) is 27.8 Å². The highest BCUT2D eigenvalue weighted by Gasteiger charge is 2.58. The van der Waals surface area contributed by atoms with Gasteiger partial charge in [-0.25, -0.2) is 19.3 Å². The van der Waals surface area contributed by atoms with Gasteiger partial charge in [0.25, 0.3) is 0 Å². The molecule has 0 radical (unpaired) electrons. The minimum atomic E-state index is -2.40. The lowest BCUT2D eigenvalue weighted by Crippen LogP contribution is -2.52. The van der Waals surface area contributed by atoms with Crippen molar-refractivity contribution in [2.75, 3.05) is 20.4 Å². The number of rotatable bonds is 12. The number of epoxide rings is 1. The topological polar surface area (TPSA) is 120 Å². The molecule has 2 heterocycles. The molecule has 12 heteroatoms. The van der Waals surface area contributed by atoms with Gasteiger partial charge in [0, 0.05) is 0 Å². The Morgan fingerprint density at radius 3 is 1.91 bits per heavy atom. The first kappa shape index (κ1) is 34.1. The predicted octanol–water partition coefficient (Wildman–Crippen LogP) is 6.09. The van der Waals surface area contributed by atoms with Gasteiger partial charge in [-0.2, -0.15) is 0 Å². The van der Waals surface area contributed by atoms with E-state index in [1.54, 1.807) is 4.90 Å². The van der Waals surface area contributed by atoms with Gasteiger partial charge < -0.3 is 28.3 Å². The smallest absolute Gasteiger partial charge is 0.437 e.